The highest BCUT2D eigenvalue weighted by atomic mass is 16.6. The lowest BCUT2D eigenvalue weighted by Crippen LogP contribution is -2.46. The van der Waals surface area contributed by atoms with Crippen LogP contribution in [0.4, 0.5) is 5.69 Å². The van der Waals surface area contributed by atoms with Crippen molar-refractivity contribution < 1.29 is 19.6 Å². The number of carbonyl (C=O) groups is 1. The maximum atomic E-state index is 12.3. The Labute approximate surface area is 123 Å². The molecule has 0 saturated heterocycles. The van der Waals surface area contributed by atoms with Crippen LogP contribution in [0.3, 0.4) is 0 Å². The zero-order valence-electron chi connectivity index (χ0n) is 12.4. The van der Waals surface area contributed by atoms with Crippen molar-refractivity contribution >= 4 is 11.6 Å². The first-order chi connectivity index (χ1) is 9.86. The molecule has 0 bridgehead atoms. The van der Waals surface area contributed by atoms with E-state index in [-0.39, 0.29) is 29.5 Å². The van der Waals surface area contributed by atoms with Crippen LogP contribution >= 0.6 is 0 Å². The van der Waals surface area contributed by atoms with Crippen LogP contribution in [0.2, 0.25) is 0 Å². The average molecular weight is 296 g/mol. The summed E-state index contributed by atoms with van der Waals surface area (Å²) in [5.41, 5.74) is -0.462. The second-order valence-corrected chi connectivity index (χ2v) is 4.98. The van der Waals surface area contributed by atoms with Crippen LogP contribution < -0.4 is 10.1 Å². The van der Waals surface area contributed by atoms with E-state index in [4.69, 9.17) is 9.84 Å². The van der Waals surface area contributed by atoms with E-state index >= 15 is 0 Å². The number of rotatable bonds is 7. The summed E-state index contributed by atoms with van der Waals surface area (Å²) in [7, 11) is 1.35. The fraction of sp³-hybridized carbons (Fsp3) is 0.500. The molecule has 0 fully saturated rings. The number of nitrogens with one attached hydrogen (secondary N) is 1. The number of carbonyl (C=O) groups excluding carboxylic acids is 1. The van der Waals surface area contributed by atoms with Gasteiger partial charge in [-0.2, -0.15) is 0 Å². The third kappa shape index (κ3) is 4.16. The number of aliphatic hydroxyl groups excluding tert-OH is 1. The quantitative estimate of drug-likeness (QED) is 0.591. The summed E-state index contributed by atoms with van der Waals surface area (Å²) in [6.45, 7) is 3.70. The predicted molar refractivity (Wildman–Crippen MR) is 77.5 cm³/mol. The number of benzene rings is 1. The van der Waals surface area contributed by atoms with Crippen LogP contribution in [0.25, 0.3) is 0 Å². The van der Waals surface area contributed by atoms with Crippen molar-refractivity contribution in [2.75, 3.05) is 13.7 Å². The number of non-ortho nitro benzene ring substituents is 1. The van der Waals surface area contributed by atoms with E-state index in [1.807, 2.05) is 13.8 Å². The molecule has 0 radical (unpaired) electrons. The molecular formula is C14H20N2O5. The van der Waals surface area contributed by atoms with Gasteiger partial charge in [-0.1, -0.05) is 6.92 Å². The average Bonchev–Trinajstić information content (AvgIpc) is 2.46. The Morgan fingerprint density at radius 2 is 2.19 bits per heavy atom. The van der Waals surface area contributed by atoms with E-state index in [1.165, 1.54) is 25.3 Å². The zero-order valence-corrected chi connectivity index (χ0v) is 12.4. The molecule has 1 atom stereocenters. The van der Waals surface area contributed by atoms with Crippen LogP contribution in [0.15, 0.2) is 18.2 Å². The summed E-state index contributed by atoms with van der Waals surface area (Å²) in [5, 5.41) is 22.6. The highest BCUT2D eigenvalue weighted by molar-refractivity contribution is 5.97. The topological polar surface area (TPSA) is 102 Å². The molecule has 7 nitrogen and oxygen atoms in total. The summed E-state index contributed by atoms with van der Waals surface area (Å²) in [4.78, 5) is 22.5. The molecule has 0 spiro atoms. The van der Waals surface area contributed by atoms with Crippen molar-refractivity contribution in [3.63, 3.8) is 0 Å². The molecule has 0 aliphatic carbocycles. The van der Waals surface area contributed by atoms with Crippen LogP contribution in [-0.2, 0) is 0 Å². The van der Waals surface area contributed by atoms with E-state index in [1.54, 1.807) is 0 Å². The molecule has 116 valence electrons. The number of methoxy groups -OCH3 is 1. The predicted octanol–water partition coefficient (Wildman–Crippen LogP) is 1.88. The third-order valence-corrected chi connectivity index (χ3v) is 3.50. The van der Waals surface area contributed by atoms with E-state index in [0.717, 1.165) is 0 Å². The summed E-state index contributed by atoms with van der Waals surface area (Å²) >= 11 is 0. The SMILES string of the molecule is CCC(C)(CCO)NC(=O)c1ccc([N+](=O)[O-])cc1OC. The maximum Gasteiger partial charge on any atom is 0.273 e. The number of hydrogen-bond acceptors (Lipinski definition) is 5. The Bertz CT molecular complexity index is 532. The number of amides is 1. The van der Waals surface area contributed by atoms with Crippen molar-refractivity contribution in [1.82, 2.24) is 5.32 Å². The van der Waals surface area contributed by atoms with Crippen LogP contribution in [-0.4, -0.2) is 35.2 Å². The zero-order chi connectivity index (χ0) is 16.0. The van der Waals surface area contributed by atoms with Crippen LogP contribution in [0, 0.1) is 10.1 Å². The highest BCUT2D eigenvalue weighted by Crippen LogP contribution is 2.25. The van der Waals surface area contributed by atoms with Crippen molar-refractivity contribution in [1.29, 1.82) is 0 Å². The lowest BCUT2D eigenvalue weighted by molar-refractivity contribution is -0.384. The number of ether oxygens (including phenoxy) is 1. The van der Waals surface area contributed by atoms with Gasteiger partial charge >= 0.3 is 0 Å². The van der Waals surface area contributed by atoms with Crippen molar-refractivity contribution in [3.8, 4) is 5.75 Å². The smallest absolute Gasteiger partial charge is 0.273 e. The minimum absolute atomic E-state index is 0.0397. The molecule has 1 rings (SSSR count). The van der Waals surface area contributed by atoms with Gasteiger partial charge in [0.15, 0.2) is 0 Å². The fourth-order valence-electron chi connectivity index (χ4n) is 1.90. The number of nitrogens with zero attached hydrogens (tertiary/aromatic N) is 1. The first-order valence-electron chi connectivity index (χ1n) is 6.62. The monoisotopic (exact) mass is 296 g/mol. The second-order valence-electron chi connectivity index (χ2n) is 4.98. The first-order valence-corrected chi connectivity index (χ1v) is 6.62. The van der Waals surface area contributed by atoms with Crippen molar-refractivity contribution in [3.05, 3.63) is 33.9 Å². The van der Waals surface area contributed by atoms with Gasteiger partial charge in [0, 0.05) is 18.2 Å². The number of nitro benzene ring substituents is 1. The van der Waals surface area contributed by atoms with Crippen LogP contribution in [0.1, 0.15) is 37.0 Å². The van der Waals surface area contributed by atoms with E-state index < -0.39 is 10.5 Å². The number of aliphatic hydroxyl groups is 1. The van der Waals surface area contributed by atoms with Crippen LogP contribution in [0.5, 0.6) is 5.75 Å². The van der Waals surface area contributed by atoms with E-state index in [0.29, 0.717) is 12.8 Å². The molecular weight excluding hydrogens is 276 g/mol. The minimum atomic E-state index is -0.549. The number of hydrogen-bond donors (Lipinski definition) is 2. The summed E-state index contributed by atoms with van der Waals surface area (Å²) < 4.78 is 5.05. The highest BCUT2D eigenvalue weighted by Gasteiger charge is 2.26. The summed E-state index contributed by atoms with van der Waals surface area (Å²) in [6.07, 6.45) is 1.07. The molecule has 0 aromatic heterocycles. The molecule has 1 aromatic rings. The van der Waals surface area contributed by atoms with Gasteiger partial charge in [0.25, 0.3) is 11.6 Å². The molecule has 21 heavy (non-hydrogen) atoms. The Balaban J connectivity index is 3.04. The molecule has 0 aliphatic heterocycles. The maximum absolute atomic E-state index is 12.3. The van der Waals surface area contributed by atoms with Gasteiger partial charge in [0.1, 0.15) is 5.75 Å². The van der Waals surface area contributed by atoms with E-state index in [9.17, 15) is 14.9 Å². The Morgan fingerprint density at radius 1 is 1.52 bits per heavy atom. The minimum Gasteiger partial charge on any atom is -0.496 e. The van der Waals surface area contributed by atoms with Gasteiger partial charge in [-0.15, -0.1) is 0 Å². The Kier molecular flexibility index (Phi) is 5.66. The molecule has 1 aromatic carbocycles. The molecule has 1 unspecified atom stereocenters. The molecule has 0 heterocycles. The fourth-order valence-corrected chi connectivity index (χ4v) is 1.90. The first kappa shape index (κ1) is 16.9. The van der Waals surface area contributed by atoms with Gasteiger partial charge < -0.3 is 15.2 Å². The largest absolute Gasteiger partial charge is 0.496 e. The molecule has 1 amide bonds. The Morgan fingerprint density at radius 3 is 2.67 bits per heavy atom. The van der Waals surface area contributed by atoms with Gasteiger partial charge in [0.2, 0.25) is 0 Å². The molecule has 2 N–H and O–H groups in total. The lowest BCUT2D eigenvalue weighted by atomic mass is 9.94. The molecule has 0 aliphatic rings. The second kappa shape index (κ2) is 7.03. The molecule has 0 saturated carbocycles. The van der Waals surface area contributed by atoms with Crippen molar-refractivity contribution in [2.24, 2.45) is 0 Å². The van der Waals surface area contributed by atoms with Crippen molar-refractivity contribution in [2.45, 2.75) is 32.2 Å². The van der Waals surface area contributed by atoms with E-state index in [2.05, 4.69) is 5.32 Å². The normalized spacial score (nSPS) is 13.3. The standard InChI is InChI=1S/C14H20N2O5/c1-4-14(2,7-8-17)15-13(18)11-6-5-10(16(19)20)9-12(11)21-3/h5-6,9,17H,4,7-8H2,1-3H3,(H,15,18). The lowest BCUT2D eigenvalue weighted by Gasteiger charge is -2.29. The Hall–Kier alpha value is -2.15. The third-order valence-electron chi connectivity index (χ3n) is 3.50. The molecule has 7 heteroatoms. The summed E-state index contributed by atoms with van der Waals surface area (Å²) in [6, 6.07) is 3.83. The van der Waals surface area contributed by atoms with Gasteiger partial charge in [0.05, 0.1) is 23.7 Å². The van der Waals surface area contributed by atoms with Gasteiger partial charge in [-0.25, -0.2) is 0 Å². The van der Waals surface area contributed by atoms with Gasteiger partial charge in [-0.05, 0) is 25.8 Å². The van der Waals surface area contributed by atoms with Gasteiger partial charge in [-0.3, -0.25) is 14.9 Å². The summed E-state index contributed by atoms with van der Waals surface area (Å²) in [5.74, 6) is -0.247. The number of nitro groups is 1.